The summed E-state index contributed by atoms with van der Waals surface area (Å²) in [6.07, 6.45) is -5.40. The molecule has 30 heavy (non-hydrogen) atoms. The average molecular weight is 455 g/mol. The van der Waals surface area contributed by atoms with Crippen molar-refractivity contribution in [2.75, 3.05) is 10.5 Å². The van der Waals surface area contributed by atoms with E-state index in [1.807, 2.05) is 0 Å². The fourth-order valence-corrected chi connectivity index (χ4v) is 4.10. The summed E-state index contributed by atoms with van der Waals surface area (Å²) >= 11 is 6.27. The van der Waals surface area contributed by atoms with Gasteiger partial charge in [0.2, 0.25) is 0 Å². The zero-order valence-electron chi connectivity index (χ0n) is 15.8. The molecule has 0 saturated heterocycles. The molecule has 3 N–H and O–H groups in total. The van der Waals surface area contributed by atoms with Gasteiger partial charge in [0.1, 0.15) is 16.7 Å². The molecule has 0 amide bonds. The van der Waals surface area contributed by atoms with E-state index in [-0.39, 0.29) is 32.9 Å². The van der Waals surface area contributed by atoms with E-state index in [4.69, 9.17) is 17.3 Å². The van der Waals surface area contributed by atoms with Crippen molar-refractivity contribution in [3.05, 3.63) is 64.7 Å². The molecule has 0 aliphatic carbocycles. The molecule has 1 atom stereocenters. The van der Waals surface area contributed by atoms with E-state index < -0.39 is 22.3 Å². The molecule has 0 radical (unpaired) electrons. The second-order valence-electron chi connectivity index (χ2n) is 6.65. The van der Waals surface area contributed by atoms with E-state index >= 15 is 0 Å². The number of aromatic nitrogens is 2. The number of aryl methyl sites for hydroxylation is 1. The van der Waals surface area contributed by atoms with E-state index in [1.165, 1.54) is 30.3 Å². The Morgan fingerprint density at radius 2 is 1.90 bits per heavy atom. The van der Waals surface area contributed by atoms with Crippen LogP contribution in [0.5, 0.6) is 0 Å². The van der Waals surface area contributed by atoms with Crippen LogP contribution < -0.4 is 10.5 Å². The number of alkyl halides is 3. The smallest absolute Gasteiger partial charge is 0.384 e. The van der Waals surface area contributed by atoms with Crippen LogP contribution in [0.25, 0.3) is 11.3 Å². The zero-order chi connectivity index (χ0) is 22.1. The quantitative estimate of drug-likeness (QED) is 0.537. The van der Waals surface area contributed by atoms with Gasteiger partial charge in [0.25, 0.3) is 0 Å². The lowest BCUT2D eigenvalue weighted by molar-refractivity contribution is -0.127. The first-order valence-electron chi connectivity index (χ1n) is 8.65. The Morgan fingerprint density at radius 3 is 2.57 bits per heavy atom. The largest absolute Gasteiger partial charge is 0.393 e. The first-order valence-corrected chi connectivity index (χ1v) is 10.8. The number of hydrogen-bond donors (Lipinski definition) is 2. The van der Waals surface area contributed by atoms with Crippen LogP contribution in [-0.2, 0) is 16.1 Å². The van der Waals surface area contributed by atoms with Crippen LogP contribution in [0.4, 0.5) is 24.8 Å². The number of benzene rings is 1. The van der Waals surface area contributed by atoms with E-state index in [1.54, 1.807) is 25.1 Å². The van der Waals surface area contributed by atoms with Crippen molar-refractivity contribution in [1.29, 1.82) is 0 Å². The van der Waals surface area contributed by atoms with Crippen molar-refractivity contribution < 1.29 is 17.4 Å². The van der Waals surface area contributed by atoms with Crippen LogP contribution in [0.1, 0.15) is 11.1 Å². The van der Waals surface area contributed by atoms with Crippen molar-refractivity contribution >= 4 is 38.8 Å². The average Bonchev–Trinajstić information content (AvgIpc) is 2.64. The third-order valence-corrected chi connectivity index (χ3v) is 5.91. The first kappa shape index (κ1) is 21.9. The van der Waals surface area contributed by atoms with Crippen molar-refractivity contribution in [1.82, 2.24) is 9.97 Å². The van der Waals surface area contributed by atoms with Gasteiger partial charge in [-0.25, -0.2) is 14.2 Å². The summed E-state index contributed by atoms with van der Waals surface area (Å²) in [6.45, 7) is 1.74. The minimum Gasteiger partial charge on any atom is -0.384 e. The third-order valence-electron chi connectivity index (χ3n) is 4.16. The maximum absolute atomic E-state index is 13.0. The van der Waals surface area contributed by atoms with Crippen molar-refractivity contribution in [2.45, 2.75) is 24.5 Å². The normalized spacial score (nSPS) is 13.6. The summed E-state index contributed by atoms with van der Waals surface area (Å²) in [4.78, 5) is 8.39. The highest BCUT2D eigenvalue weighted by molar-refractivity contribution is 8.01. The Bertz CT molecular complexity index is 1200. The lowest BCUT2D eigenvalue weighted by atomic mass is 10.00. The summed E-state index contributed by atoms with van der Waals surface area (Å²) in [6, 6.07) is 12.1. The molecule has 2 aromatic heterocycles. The third kappa shape index (κ3) is 5.22. The molecule has 0 bridgehead atoms. The van der Waals surface area contributed by atoms with Gasteiger partial charge in [0, 0.05) is 5.56 Å². The number of nitrogens with zero attached hydrogens (tertiary/aromatic N) is 2. The maximum Gasteiger partial charge on any atom is 0.393 e. The second kappa shape index (κ2) is 8.16. The number of hydrogen-bond acceptors (Lipinski definition) is 4. The molecule has 3 rings (SSSR count). The molecule has 0 aliphatic heterocycles. The van der Waals surface area contributed by atoms with Crippen LogP contribution in [0.3, 0.4) is 0 Å². The minimum absolute atomic E-state index is 0.0873. The lowest BCUT2D eigenvalue weighted by Crippen LogP contribution is -2.16. The van der Waals surface area contributed by atoms with Gasteiger partial charge in [-0.1, -0.05) is 29.8 Å². The molecule has 0 spiro atoms. The number of nitrogens with one attached hydrogen (secondary N) is 1. The Balaban J connectivity index is 1.99. The second-order valence-corrected chi connectivity index (χ2v) is 9.03. The molecule has 158 valence electrons. The van der Waals surface area contributed by atoms with E-state index in [0.717, 1.165) is 0 Å². The highest BCUT2D eigenvalue weighted by Crippen LogP contribution is 2.32. The lowest BCUT2D eigenvalue weighted by Gasteiger charge is -2.15. The molecule has 3 aromatic rings. The molecule has 0 aliphatic rings. The van der Waals surface area contributed by atoms with Crippen molar-refractivity contribution in [3.8, 4) is 11.3 Å². The zero-order valence-corrected chi connectivity index (χ0v) is 17.4. The maximum atomic E-state index is 13.0. The summed E-state index contributed by atoms with van der Waals surface area (Å²) < 4.78 is 54.1. The van der Waals surface area contributed by atoms with Crippen LogP contribution >= 0.6 is 11.6 Å². The van der Waals surface area contributed by atoms with Crippen molar-refractivity contribution in [2.24, 2.45) is 0 Å². The fourth-order valence-electron chi connectivity index (χ4n) is 2.79. The van der Waals surface area contributed by atoms with Gasteiger partial charge in [-0.2, -0.15) is 13.2 Å². The predicted molar refractivity (Wildman–Crippen MR) is 115 cm³/mol. The topological polar surface area (TPSA) is 80.9 Å². The van der Waals surface area contributed by atoms with Gasteiger partial charge in [-0.05, 0) is 54.3 Å². The van der Waals surface area contributed by atoms with Gasteiger partial charge in [0.05, 0.1) is 26.8 Å². The Hall–Kier alpha value is -2.78. The van der Waals surface area contributed by atoms with Crippen LogP contribution in [0.2, 0.25) is 5.02 Å². The highest BCUT2D eigenvalue weighted by Gasteiger charge is 2.28. The van der Waals surface area contributed by atoms with E-state index in [9.17, 15) is 17.4 Å². The molecule has 0 fully saturated rings. The number of rotatable bonds is 5. The number of nitrogens with two attached hydrogens (primary N) is 1. The SMILES string of the molecule is C=S(=O)(Nc1ccc(Cl)c(-c2cc(CC(F)(F)F)ccc2C)n1)c1cccc(N)n1. The highest BCUT2D eigenvalue weighted by atomic mass is 35.5. The molecule has 0 saturated carbocycles. The molecule has 5 nitrogen and oxygen atoms in total. The number of halogens is 4. The van der Waals surface area contributed by atoms with Gasteiger partial charge >= 0.3 is 6.18 Å². The summed E-state index contributed by atoms with van der Waals surface area (Å²) in [5.41, 5.74) is 7.13. The Morgan fingerprint density at radius 1 is 1.17 bits per heavy atom. The Kier molecular flexibility index (Phi) is 5.96. The van der Waals surface area contributed by atoms with Gasteiger partial charge < -0.3 is 5.73 Å². The molecular formula is C20H18ClF3N4OS. The van der Waals surface area contributed by atoms with E-state index in [2.05, 4.69) is 20.6 Å². The number of anilines is 2. The summed E-state index contributed by atoms with van der Waals surface area (Å²) in [5, 5.41) is 0.384. The fraction of sp³-hybridized carbons (Fsp3) is 0.150. The van der Waals surface area contributed by atoms with Gasteiger partial charge in [0.15, 0.2) is 0 Å². The Labute approximate surface area is 177 Å². The monoisotopic (exact) mass is 454 g/mol. The standard InChI is InChI=1S/C20H18ClF3N4OS/c1-12-6-7-13(11-20(22,23)24)10-14(12)19-15(21)8-9-17(27-19)28-30(2,29)18-5-3-4-16(25)26-18/h3-10H,2,11H2,1H3,(H2,25,26)(H,27,28,29). The van der Waals surface area contributed by atoms with Gasteiger partial charge in [-0.15, -0.1) is 0 Å². The number of pyridine rings is 2. The first-order chi connectivity index (χ1) is 13.9. The van der Waals surface area contributed by atoms with Crippen LogP contribution in [0, 0.1) is 6.92 Å². The molecule has 1 aromatic carbocycles. The predicted octanol–water partition coefficient (Wildman–Crippen LogP) is 4.89. The van der Waals surface area contributed by atoms with E-state index in [0.29, 0.717) is 11.1 Å². The summed E-state index contributed by atoms with van der Waals surface area (Å²) in [7, 11) is -3.09. The number of nitrogen functional groups attached to an aromatic ring is 1. The molecular weight excluding hydrogens is 437 g/mol. The van der Waals surface area contributed by atoms with Crippen molar-refractivity contribution in [3.63, 3.8) is 0 Å². The summed E-state index contributed by atoms with van der Waals surface area (Å²) in [5.74, 6) is 4.04. The molecule has 10 heteroatoms. The van der Waals surface area contributed by atoms with Crippen LogP contribution in [-0.4, -0.2) is 26.2 Å². The van der Waals surface area contributed by atoms with Crippen LogP contribution in [0.15, 0.2) is 53.6 Å². The van der Waals surface area contributed by atoms with Gasteiger partial charge in [-0.3, -0.25) is 4.72 Å². The molecule has 1 unspecified atom stereocenters. The minimum atomic E-state index is -4.34. The molecule has 2 heterocycles.